The van der Waals surface area contributed by atoms with Crippen LogP contribution in [0.5, 0.6) is 0 Å². The molecule has 0 fully saturated rings. The van der Waals surface area contributed by atoms with Crippen molar-refractivity contribution in [1.29, 1.82) is 0 Å². The minimum absolute atomic E-state index is 0.0784. The van der Waals surface area contributed by atoms with E-state index in [0.717, 1.165) is 0 Å². The number of H-pyrrole nitrogens is 4. The van der Waals surface area contributed by atoms with E-state index in [9.17, 15) is 47.9 Å². The molecule has 21 N–H and O–H groups in total. The monoisotopic (exact) mass is 1270 g/mol. The highest BCUT2D eigenvalue weighted by Crippen LogP contribution is 2.18. The first-order valence-corrected chi connectivity index (χ1v) is 31.6. The number of hydrogen-bond donors (Lipinski definition) is 17. The van der Waals surface area contributed by atoms with Crippen molar-refractivity contribution in [3.05, 3.63) is 72.9 Å². The van der Waals surface area contributed by atoms with Crippen LogP contribution in [-0.4, -0.2) is 172 Å². The molecule has 0 aromatic carbocycles. The van der Waals surface area contributed by atoms with E-state index in [1.54, 1.807) is 34.6 Å². The number of nitrogens with zero attached hydrogens (tertiary/aromatic N) is 4. The Balaban J connectivity index is 1.59. The van der Waals surface area contributed by atoms with Gasteiger partial charge in [0.2, 0.25) is 59.1 Å². The van der Waals surface area contributed by atoms with E-state index in [4.69, 9.17) is 22.9 Å². The summed E-state index contributed by atoms with van der Waals surface area (Å²) in [5.41, 5.74) is 25.3. The maximum absolute atomic E-state index is 14.8. The predicted octanol–water partition coefficient (Wildman–Crippen LogP) is -1.53. The van der Waals surface area contributed by atoms with Gasteiger partial charge < -0.3 is 90.7 Å². The Hall–Kier alpha value is -8.58. The number of unbranched alkanes of at least 4 members (excludes halogenated alkanes) is 2. The predicted molar refractivity (Wildman–Crippen MR) is 337 cm³/mol. The first kappa shape index (κ1) is 74.9. The lowest BCUT2D eigenvalue weighted by molar-refractivity contribution is -0.137. The third-order valence-electron chi connectivity index (χ3n) is 16.5. The lowest BCUT2D eigenvalue weighted by Gasteiger charge is -2.32. The van der Waals surface area contributed by atoms with Gasteiger partial charge in [-0.15, -0.1) is 0 Å². The molecule has 91 heavy (non-hydrogen) atoms. The van der Waals surface area contributed by atoms with Gasteiger partial charge in [-0.3, -0.25) is 47.9 Å². The Morgan fingerprint density at radius 1 is 0.374 bits per heavy atom. The number of imidazole rings is 4. The molecule has 14 atom stereocenters. The van der Waals surface area contributed by atoms with Gasteiger partial charge in [-0.2, -0.15) is 0 Å². The summed E-state index contributed by atoms with van der Waals surface area (Å²) in [6.45, 7) is 15.0. The average molecular weight is 1270 g/mol. The fraction of sp³-hybridized carbons (Fsp3) is 0.633. The Morgan fingerprint density at radius 2 is 0.637 bits per heavy atom. The summed E-state index contributed by atoms with van der Waals surface area (Å²) in [5, 5.41) is 25.1. The van der Waals surface area contributed by atoms with Crippen molar-refractivity contribution in [2.45, 2.75) is 206 Å². The first-order chi connectivity index (χ1) is 43.5. The third-order valence-corrected chi connectivity index (χ3v) is 16.5. The van der Waals surface area contributed by atoms with Crippen LogP contribution in [0.4, 0.5) is 0 Å². The molecule has 4 aromatic heterocycles. The SMILES string of the molecule is CC[C@H](C)[C@H](NC(=O)[C@H](CCCCN)NC(=O)[C@@H](NC(=O)[C@@H](NC(=O)[C@H](Cc1cnc[nH]1)NC(=O)[C@H](Cc1cnc[nH]1)NC(=O)[C@H](Cc1cnc[nH]1)NC(=O)[C@@H](N)Cc1cnc[nH]1)[C@@H](C)CC)[C@@H](C)CC)C(=O)N[C@H](C(=O)N[C@@H](CCCCN)C(N)=O)[C@@H](C)CC. The zero-order valence-electron chi connectivity index (χ0n) is 53.7. The molecule has 0 saturated heterocycles. The maximum Gasteiger partial charge on any atom is 0.243 e. The zero-order valence-corrected chi connectivity index (χ0v) is 53.7. The summed E-state index contributed by atoms with van der Waals surface area (Å²) in [5.74, 6) is -9.27. The number of carbonyl (C=O) groups excluding carboxylic acids is 10. The number of aromatic amines is 4. The Bertz CT molecular complexity index is 2870. The number of amides is 10. The van der Waals surface area contributed by atoms with E-state index in [1.165, 1.54) is 50.1 Å². The number of carbonyl (C=O) groups is 10. The van der Waals surface area contributed by atoms with Gasteiger partial charge >= 0.3 is 0 Å². The molecule has 0 saturated carbocycles. The molecule has 0 aliphatic heterocycles. The lowest BCUT2D eigenvalue weighted by atomic mass is 9.93. The topological polar surface area (TPSA) is 498 Å². The minimum atomic E-state index is -1.42. The molecular weight excluding hydrogens is 1170 g/mol. The minimum Gasteiger partial charge on any atom is -0.368 e. The standard InChI is InChI=1S/C60H99N21O10/c1-9-33(5)47(57(88)73-42(51(64)82)17-13-15-19-61)80-59(90)49(35(7)11-3)78-53(84)43(18-14-16-20-62)74-58(89)48(34(6)10-2)81-60(91)50(36(8)12-4)79-56(87)46(24-40-28-68-32-72-40)77-55(86)45(23-39-27-67-31-71-39)76-54(85)44(22-38-26-66-30-70-38)75-52(83)41(63)21-37-25-65-29-69-37/h25-36,41-50H,9-24,61-63H2,1-8H3,(H2,64,82)(H,65,69)(H,66,70)(H,67,71)(H,68,72)(H,73,88)(H,74,89)(H,75,83)(H,76,85)(H,77,86)(H,78,84)(H,79,87)(H,80,90)(H,81,91)/t33-,34-,35-,36-,41-,42-,43-,44-,45-,46-,47-,48-,49-,50-/m0/s1. The van der Waals surface area contributed by atoms with Gasteiger partial charge in [-0.1, -0.05) is 81.1 Å². The highest BCUT2D eigenvalue weighted by atomic mass is 16.2. The maximum atomic E-state index is 14.8. The van der Waals surface area contributed by atoms with Gasteiger partial charge in [0.25, 0.3) is 0 Å². The molecule has 0 bridgehead atoms. The quantitative estimate of drug-likeness (QED) is 0.0224. The van der Waals surface area contributed by atoms with Gasteiger partial charge in [-0.25, -0.2) is 19.9 Å². The van der Waals surface area contributed by atoms with Crippen molar-refractivity contribution < 1.29 is 47.9 Å². The normalized spacial score (nSPS) is 16.0. The van der Waals surface area contributed by atoms with Crippen LogP contribution in [0.15, 0.2) is 50.1 Å². The fourth-order valence-electron chi connectivity index (χ4n) is 9.89. The van der Waals surface area contributed by atoms with Crippen LogP contribution in [0.1, 0.15) is 142 Å². The molecular formula is C60H99N21O10. The number of aromatic nitrogens is 8. The van der Waals surface area contributed by atoms with Crippen LogP contribution in [-0.2, 0) is 73.6 Å². The summed E-state index contributed by atoms with van der Waals surface area (Å²) in [4.78, 5) is 170. The van der Waals surface area contributed by atoms with Crippen molar-refractivity contribution in [3.63, 3.8) is 0 Å². The van der Waals surface area contributed by atoms with E-state index in [0.29, 0.717) is 80.7 Å². The van der Waals surface area contributed by atoms with Crippen LogP contribution in [0.2, 0.25) is 0 Å². The number of rotatable bonds is 43. The molecule has 10 amide bonds. The molecule has 0 radical (unpaired) electrons. The molecule has 4 aromatic rings. The second-order valence-electron chi connectivity index (χ2n) is 23.5. The number of hydrogen-bond acceptors (Lipinski definition) is 17. The molecule has 31 nitrogen and oxygen atoms in total. The van der Waals surface area contributed by atoms with E-state index >= 15 is 0 Å². The summed E-state index contributed by atoms with van der Waals surface area (Å²) >= 11 is 0. The number of primary amides is 1. The van der Waals surface area contributed by atoms with Crippen LogP contribution in [0.3, 0.4) is 0 Å². The first-order valence-electron chi connectivity index (χ1n) is 31.6. The van der Waals surface area contributed by atoms with Crippen molar-refractivity contribution in [1.82, 2.24) is 87.7 Å². The van der Waals surface area contributed by atoms with Gasteiger partial charge in [0.15, 0.2) is 0 Å². The van der Waals surface area contributed by atoms with Gasteiger partial charge in [0.1, 0.15) is 54.4 Å². The number of nitrogens with two attached hydrogens (primary N) is 4. The van der Waals surface area contributed by atoms with E-state index in [1.807, 2.05) is 20.8 Å². The molecule has 0 aliphatic rings. The Morgan fingerprint density at radius 3 is 0.945 bits per heavy atom. The largest absolute Gasteiger partial charge is 0.368 e. The van der Waals surface area contributed by atoms with E-state index < -0.39 is 143 Å². The Labute approximate surface area is 531 Å². The smallest absolute Gasteiger partial charge is 0.243 e. The second kappa shape index (κ2) is 38.9. The van der Waals surface area contributed by atoms with Gasteiger partial charge in [0, 0.05) is 73.2 Å². The average Bonchev–Trinajstić information content (AvgIpc) is 1.90. The van der Waals surface area contributed by atoms with Gasteiger partial charge in [-0.05, 0) is 75.3 Å². The molecule has 504 valence electrons. The summed E-state index contributed by atoms with van der Waals surface area (Å²) in [6, 6.07) is -12.3. The fourth-order valence-corrected chi connectivity index (χ4v) is 9.89. The highest BCUT2D eigenvalue weighted by Gasteiger charge is 2.39. The molecule has 0 spiro atoms. The van der Waals surface area contributed by atoms with Gasteiger partial charge in [0.05, 0.1) is 31.4 Å². The lowest BCUT2D eigenvalue weighted by Crippen LogP contribution is -2.63. The van der Waals surface area contributed by atoms with Crippen molar-refractivity contribution in [3.8, 4) is 0 Å². The Kier molecular flexibility index (Phi) is 32.0. The molecule has 31 heteroatoms. The van der Waals surface area contributed by atoms with Crippen LogP contribution >= 0.6 is 0 Å². The third kappa shape index (κ3) is 24.3. The van der Waals surface area contributed by atoms with Crippen molar-refractivity contribution >= 4 is 59.1 Å². The number of nitrogens with one attached hydrogen (secondary N) is 13. The molecule has 0 unspecified atom stereocenters. The summed E-state index contributed by atoms with van der Waals surface area (Å²) in [6.07, 6.45) is 15.2. The second-order valence-corrected chi connectivity index (χ2v) is 23.5. The highest BCUT2D eigenvalue weighted by molar-refractivity contribution is 5.99. The van der Waals surface area contributed by atoms with Crippen molar-refractivity contribution in [2.75, 3.05) is 13.1 Å². The zero-order chi connectivity index (χ0) is 67.2. The van der Waals surface area contributed by atoms with Crippen LogP contribution in [0.25, 0.3) is 0 Å². The summed E-state index contributed by atoms with van der Waals surface area (Å²) in [7, 11) is 0. The molecule has 4 heterocycles. The van der Waals surface area contributed by atoms with E-state index in [2.05, 4.69) is 87.7 Å². The van der Waals surface area contributed by atoms with E-state index in [-0.39, 0.29) is 45.1 Å². The summed E-state index contributed by atoms with van der Waals surface area (Å²) < 4.78 is 0. The van der Waals surface area contributed by atoms with Crippen LogP contribution < -0.4 is 70.8 Å². The molecule has 0 aliphatic carbocycles. The van der Waals surface area contributed by atoms with Crippen LogP contribution in [0, 0.1) is 23.7 Å². The van der Waals surface area contributed by atoms with Crippen molar-refractivity contribution in [2.24, 2.45) is 46.6 Å². The molecule has 4 rings (SSSR count).